The number of unbranched alkanes of at least 4 members (excludes halogenated alkanes) is 6. The van der Waals surface area contributed by atoms with Gasteiger partial charge in [-0.3, -0.25) is 0 Å². The van der Waals surface area contributed by atoms with E-state index in [-0.39, 0.29) is 11.5 Å². The zero-order valence-electron chi connectivity index (χ0n) is 25.4. The van der Waals surface area contributed by atoms with Crippen LogP contribution in [0.2, 0.25) is 0 Å². The standard InChI is InChI=1S/C36H42N4O4/c41-35-27-33(43-25-13-3-1-7-19-39-21-9-5-10-22-39)17-15-31(35)29-37-38-30-32-16-18-34(28-36(32)42)44-26-14-4-2-8-20-40-23-11-6-12-24-40/h5-6,9-12,15-18,21-24,27-30H,1-4,7-8,13-14,19-20,25-26H2/p+2. The summed E-state index contributed by atoms with van der Waals surface area (Å²) < 4.78 is 16.0. The van der Waals surface area contributed by atoms with Crippen LogP contribution in [-0.4, -0.2) is 35.9 Å². The molecule has 0 atom stereocenters. The maximum atomic E-state index is 10.4. The Kier molecular flexibility index (Phi) is 13.7. The summed E-state index contributed by atoms with van der Waals surface area (Å²) in [5.74, 6) is 1.39. The lowest BCUT2D eigenvalue weighted by Crippen LogP contribution is -2.32. The molecular formula is C36H44N4O4+2. The molecule has 0 saturated heterocycles. The first kappa shape index (κ1) is 32.2. The highest BCUT2D eigenvalue weighted by atomic mass is 16.5. The number of ether oxygens (including phenoxy) is 2. The summed E-state index contributed by atoms with van der Waals surface area (Å²) in [5, 5.41) is 28.8. The Hall–Kier alpha value is -4.72. The predicted molar refractivity (Wildman–Crippen MR) is 173 cm³/mol. The molecule has 0 aliphatic heterocycles. The normalized spacial score (nSPS) is 11.4. The molecule has 2 heterocycles. The van der Waals surface area contributed by atoms with Gasteiger partial charge in [-0.2, -0.15) is 10.2 Å². The summed E-state index contributed by atoms with van der Waals surface area (Å²) >= 11 is 0. The summed E-state index contributed by atoms with van der Waals surface area (Å²) in [6.45, 7) is 3.28. The van der Waals surface area contributed by atoms with E-state index in [0.29, 0.717) is 35.8 Å². The zero-order valence-corrected chi connectivity index (χ0v) is 25.4. The van der Waals surface area contributed by atoms with Crippen LogP contribution in [0.5, 0.6) is 23.0 Å². The van der Waals surface area contributed by atoms with Crippen molar-refractivity contribution in [1.82, 2.24) is 0 Å². The second kappa shape index (κ2) is 18.7. The molecule has 0 amide bonds. The third kappa shape index (κ3) is 11.9. The molecule has 0 fully saturated rings. The number of phenolic OH excluding ortho intramolecular Hbond substituents is 2. The van der Waals surface area contributed by atoms with Gasteiger partial charge in [0.25, 0.3) is 0 Å². The van der Waals surface area contributed by atoms with Crippen molar-refractivity contribution in [2.75, 3.05) is 13.2 Å². The lowest BCUT2D eigenvalue weighted by Gasteiger charge is -2.07. The summed E-state index contributed by atoms with van der Waals surface area (Å²) in [5.41, 5.74) is 1.06. The van der Waals surface area contributed by atoms with Crippen molar-refractivity contribution in [2.45, 2.75) is 64.5 Å². The van der Waals surface area contributed by atoms with E-state index in [0.717, 1.165) is 64.5 Å². The number of nitrogens with zero attached hydrogens (tertiary/aromatic N) is 4. The first-order chi connectivity index (χ1) is 21.7. The number of phenols is 2. The van der Waals surface area contributed by atoms with Gasteiger partial charge in [0.1, 0.15) is 36.1 Å². The molecule has 230 valence electrons. The lowest BCUT2D eigenvalue weighted by molar-refractivity contribution is -0.697. The SMILES string of the molecule is Oc1cc(OCCCCCC[n+]2ccccc2)ccc1/C=N\N=C/c1ccc(OCCCCCC[n+]2ccccc2)cc1O. The molecule has 0 saturated carbocycles. The van der Waals surface area contributed by atoms with E-state index in [1.54, 1.807) is 24.3 Å². The van der Waals surface area contributed by atoms with Crippen LogP contribution in [0, 0.1) is 0 Å². The minimum absolute atomic E-state index is 0.0702. The maximum absolute atomic E-state index is 10.4. The molecule has 4 aromatic rings. The summed E-state index contributed by atoms with van der Waals surface area (Å²) in [6, 6.07) is 22.5. The van der Waals surface area contributed by atoms with Gasteiger partial charge in [0.05, 0.1) is 25.6 Å². The van der Waals surface area contributed by atoms with Crippen molar-refractivity contribution < 1.29 is 28.8 Å². The Balaban J connectivity index is 1.09. The van der Waals surface area contributed by atoms with Crippen molar-refractivity contribution in [2.24, 2.45) is 10.2 Å². The number of hydrogen-bond acceptors (Lipinski definition) is 6. The first-order valence-corrected chi connectivity index (χ1v) is 15.5. The van der Waals surface area contributed by atoms with Gasteiger partial charge in [-0.15, -0.1) is 0 Å². The van der Waals surface area contributed by atoms with Crippen LogP contribution in [0.3, 0.4) is 0 Å². The highest BCUT2D eigenvalue weighted by Gasteiger charge is 2.04. The monoisotopic (exact) mass is 596 g/mol. The van der Waals surface area contributed by atoms with Crippen LogP contribution in [-0.2, 0) is 13.1 Å². The summed E-state index contributed by atoms with van der Waals surface area (Å²) in [7, 11) is 0. The van der Waals surface area contributed by atoms with Crippen LogP contribution in [0.25, 0.3) is 0 Å². The molecule has 0 aliphatic rings. The minimum Gasteiger partial charge on any atom is -0.507 e. The van der Waals surface area contributed by atoms with Crippen LogP contribution in [0.15, 0.2) is 108 Å². The van der Waals surface area contributed by atoms with Crippen molar-refractivity contribution in [3.63, 3.8) is 0 Å². The van der Waals surface area contributed by atoms with Gasteiger partial charge >= 0.3 is 0 Å². The molecule has 2 N–H and O–H groups in total. The second-order valence-electron chi connectivity index (χ2n) is 10.7. The predicted octanol–water partition coefficient (Wildman–Crippen LogP) is 6.40. The van der Waals surface area contributed by atoms with Crippen LogP contribution >= 0.6 is 0 Å². The Morgan fingerprint density at radius 1 is 0.523 bits per heavy atom. The Morgan fingerprint density at radius 2 is 0.932 bits per heavy atom. The highest BCUT2D eigenvalue weighted by molar-refractivity contribution is 5.86. The third-order valence-corrected chi connectivity index (χ3v) is 7.18. The summed E-state index contributed by atoms with van der Waals surface area (Å²) in [4.78, 5) is 0. The van der Waals surface area contributed by atoms with Crippen molar-refractivity contribution in [3.05, 3.63) is 109 Å². The topological polar surface area (TPSA) is 91.4 Å². The van der Waals surface area contributed by atoms with Gasteiger partial charge in [-0.1, -0.05) is 12.1 Å². The Morgan fingerprint density at radius 3 is 1.34 bits per heavy atom. The molecule has 0 bridgehead atoms. The number of aryl methyl sites for hydroxylation is 2. The quantitative estimate of drug-likeness (QED) is 0.0567. The molecule has 8 heteroatoms. The third-order valence-electron chi connectivity index (χ3n) is 7.18. The fraction of sp³-hybridized carbons (Fsp3) is 0.333. The van der Waals surface area contributed by atoms with E-state index in [9.17, 15) is 10.2 Å². The van der Waals surface area contributed by atoms with Gasteiger partial charge < -0.3 is 19.7 Å². The number of pyridine rings is 2. The molecular weight excluding hydrogens is 552 g/mol. The van der Waals surface area contributed by atoms with Gasteiger partial charge in [0.15, 0.2) is 24.8 Å². The van der Waals surface area contributed by atoms with Crippen molar-refractivity contribution >= 4 is 12.4 Å². The molecule has 2 aromatic heterocycles. The number of hydrogen-bond donors (Lipinski definition) is 2. The largest absolute Gasteiger partial charge is 0.507 e. The van der Waals surface area contributed by atoms with Crippen molar-refractivity contribution in [1.29, 1.82) is 0 Å². The second-order valence-corrected chi connectivity index (χ2v) is 10.7. The fourth-order valence-electron chi connectivity index (χ4n) is 4.68. The van der Waals surface area contributed by atoms with E-state index in [1.165, 1.54) is 12.4 Å². The van der Waals surface area contributed by atoms with Crippen LogP contribution in [0.4, 0.5) is 0 Å². The first-order valence-electron chi connectivity index (χ1n) is 15.5. The molecule has 0 radical (unpaired) electrons. The fourth-order valence-corrected chi connectivity index (χ4v) is 4.68. The maximum Gasteiger partial charge on any atom is 0.168 e. The molecule has 44 heavy (non-hydrogen) atoms. The van der Waals surface area contributed by atoms with Crippen LogP contribution in [0.1, 0.15) is 62.5 Å². The number of rotatable bonds is 19. The average Bonchev–Trinajstić information content (AvgIpc) is 3.04. The Bertz CT molecular complexity index is 1330. The van der Waals surface area contributed by atoms with E-state index < -0.39 is 0 Å². The zero-order chi connectivity index (χ0) is 30.7. The smallest absolute Gasteiger partial charge is 0.168 e. The van der Waals surface area contributed by atoms with Gasteiger partial charge in [0, 0.05) is 60.4 Å². The van der Waals surface area contributed by atoms with Gasteiger partial charge in [-0.25, -0.2) is 9.13 Å². The molecule has 0 unspecified atom stereocenters. The average molecular weight is 597 g/mol. The number of aromatic nitrogens is 2. The van der Waals surface area contributed by atoms with E-state index in [2.05, 4.69) is 44.1 Å². The minimum atomic E-state index is 0.0702. The summed E-state index contributed by atoms with van der Waals surface area (Å²) in [6.07, 6.45) is 20.0. The molecule has 0 aliphatic carbocycles. The molecule has 2 aromatic carbocycles. The van der Waals surface area contributed by atoms with Gasteiger partial charge in [0.2, 0.25) is 0 Å². The van der Waals surface area contributed by atoms with E-state index in [1.807, 2.05) is 48.5 Å². The van der Waals surface area contributed by atoms with Gasteiger partial charge in [-0.05, 0) is 62.8 Å². The molecule has 0 spiro atoms. The lowest BCUT2D eigenvalue weighted by atomic mass is 10.2. The van der Waals surface area contributed by atoms with E-state index in [4.69, 9.17) is 9.47 Å². The molecule has 4 rings (SSSR count). The van der Waals surface area contributed by atoms with E-state index >= 15 is 0 Å². The molecule has 8 nitrogen and oxygen atoms in total. The van der Waals surface area contributed by atoms with Crippen LogP contribution < -0.4 is 18.6 Å². The Labute approximate surface area is 260 Å². The number of aromatic hydroxyl groups is 2. The highest BCUT2D eigenvalue weighted by Crippen LogP contribution is 2.24. The van der Waals surface area contributed by atoms with Crippen molar-refractivity contribution in [3.8, 4) is 23.0 Å². The number of benzene rings is 2.